The molecule has 4 aliphatic heterocycles. The van der Waals surface area contributed by atoms with Gasteiger partial charge in [0, 0.05) is 32.3 Å². The summed E-state index contributed by atoms with van der Waals surface area (Å²) in [6.45, 7) is 3.71. The highest BCUT2D eigenvalue weighted by molar-refractivity contribution is 6.30. The Morgan fingerprint density at radius 1 is 1.22 bits per heavy atom. The fourth-order valence-corrected chi connectivity index (χ4v) is 6.33. The summed E-state index contributed by atoms with van der Waals surface area (Å²) in [5.41, 5.74) is -0.384. The number of fused-ring (bicyclic) bond motifs is 2. The van der Waals surface area contributed by atoms with Gasteiger partial charge >= 0.3 is 6.01 Å². The fourth-order valence-electron chi connectivity index (χ4n) is 6.19. The first-order valence-electron chi connectivity index (χ1n) is 11.4. The molecule has 0 N–H and O–H groups in total. The first kappa shape index (κ1) is 20.7. The normalized spacial score (nSPS) is 32.5. The Hall–Kier alpha value is -1.84. The van der Waals surface area contributed by atoms with Crippen molar-refractivity contribution in [3.8, 4) is 6.01 Å². The lowest BCUT2D eigenvalue weighted by Crippen LogP contribution is -2.45. The Morgan fingerprint density at radius 3 is 2.94 bits per heavy atom. The zero-order chi connectivity index (χ0) is 21.9. The van der Waals surface area contributed by atoms with Crippen LogP contribution >= 0.6 is 11.6 Å². The molecule has 10 heteroatoms. The van der Waals surface area contributed by atoms with Gasteiger partial charge in [0.2, 0.25) is 0 Å². The summed E-state index contributed by atoms with van der Waals surface area (Å²) < 4.78 is 40.9. The van der Waals surface area contributed by atoms with E-state index in [4.69, 9.17) is 26.1 Å². The van der Waals surface area contributed by atoms with Gasteiger partial charge in [0.25, 0.3) is 0 Å². The minimum absolute atomic E-state index is 0.0955. The molecule has 4 fully saturated rings. The summed E-state index contributed by atoms with van der Waals surface area (Å²) in [7, 11) is 0. The van der Waals surface area contributed by atoms with Gasteiger partial charge in [0.15, 0.2) is 11.0 Å². The van der Waals surface area contributed by atoms with Crippen LogP contribution in [0, 0.1) is 5.82 Å². The van der Waals surface area contributed by atoms with E-state index in [1.165, 1.54) is 6.20 Å². The lowest BCUT2D eigenvalue weighted by atomic mass is 9.95. The lowest BCUT2D eigenvalue weighted by molar-refractivity contribution is 0.107. The highest BCUT2D eigenvalue weighted by Gasteiger charge is 2.50. The predicted molar refractivity (Wildman–Crippen MR) is 116 cm³/mol. The minimum atomic E-state index is -0.846. The van der Waals surface area contributed by atoms with Crippen molar-refractivity contribution in [3.63, 3.8) is 0 Å². The number of hydrogen-bond donors (Lipinski definition) is 0. The van der Waals surface area contributed by atoms with Gasteiger partial charge in [-0.15, -0.1) is 0 Å². The van der Waals surface area contributed by atoms with Crippen molar-refractivity contribution in [3.05, 3.63) is 17.2 Å². The Bertz CT molecular complexity index is 1050. The molecule has 6 heterocycles. The molecule has 172 valence electrons. The van der Waals surface area contributed by atoms with Crippen molar-refractivity contribution >= 4 is 28.3 Å². The monoisotopic (exact) mass is 465 g/mol. The number of hydrogen-bond acceptors (Lipinski definition) is 7. The first-order valence-corrected chi connectivity index (χ1v) is 11.8. The first-order chi connectivity index (χ1) is 15.5. The second-order valence-corrected chi connectivity index (χ2v) is 9.96. The van der Waals surface area contributed by atoms with Crippen LogP contribution in [0.15, 0.2) is 6.20 Å². The van der Waals surface area contributed by atoms with Crippen molar-refractivity contribution in [2.75, 3.05) is 44.4 Å². The molecule has 7 nitrogen and oxygen atoms in total. The quantitative estimate of drug-likeness (QED) is 0.640. The van der Waals surface area contributed by atoms with Crippen molar-refractivity contribution in [1.82, 2.24) is 19.9 Å². The largest absolute Gasteiger partial charge is 0.461 e. The van der Waals surface area contributed by atoms with E-state index in [1.807, 2.05) is 0 Å². The van der Waals surface area contributed by atoms with Crippen molar-refractivity contribution in [1.29, 1.82) is 0 Å². The van der Waals surface area contributed by atoms with Gasteiger partial charge in [-0.05, 0) is 38.6 Å². The minimum Gasteiger partial charge on any atom is -0.461 e. The van der Waals surface area contributed by atoms with Crippen LogP contribution in [-0.4, -0.2) is 76.6 Å². The summed E-state index contributed by atoms with van der Waals surface area (Å²) in [6.07, 6.45) is 5.93. The van der Waals surface area contributed by atoms with Gasteiger partial charge in [-0.3, -0.25) is 4.90 Å². The van der Waals surface area contributed by atoms with Crippen LogP contribution in [0.1, 0.15) is 38.5 Å². The van der Waals surface area contributed by atoms with Crippen LogP contribution in [-0.2, 0) is 4.74 Å². The molecular weight excluding hydrogens is 440 g/mol. The van der Waals surface area contributed by atoms with Crippen LogP contribution in [0.5, 0.6) is 6.01 Å². The van der Waals surface area contributed by atoms with Gasteiger partial charge in [-0.25, -0.2) is 13.8 Å². The zero-order valence-electron chi connectivity index (χ0n) is 17.8. The van der Waals surface area contributed by atoms with Crippen LogP contribution < -0.4 is 9.64 Å². The lowest BCUT2D eigenvalue weighted by Gasteiger charge is -2.35. The molecule has 3 atom stereocenters. The van der Waals surface area contributed by atoms with E-state index >= 15 is 0 Å². The average Bonchev–Trinajstić information content (AvgIpc) is 3.55. The van der Waals surface area contributed by atoms with E-state index in [-0.39, 0.29) is 34.4 Å². The summed E-state index contributed by atoms with van der Waals surface area (Å²) >= 11 is 5.97. The van der Waals surface area contributed by atoms with E-state index < -0.39 is 12.0 Å². The Balaban J connectivity index is 1.39. The Labute approximate surface area is 190 Å². The maximum absolute atomic E-state index is 15.0. The number of anilines is 1. The standard InChI is InChI=1S/C22H26ClF2N5O2/c23-18-16(25)17-15(10-26-18)19(30-7-2-3-21(30)5-8-31-12-21)28-20(27-17)32-13-22-4-1-6-29(22)11-14(24)9-22/h10,14H,1-9,11-13H2/t14-,21?,22+/m1/s1. The summed E-state index contributed by atoms with van der Waals surface area (Å²) in [6, 6.07) is 0.0955. The molecule has 1 spiro atoms. The summed E-state index contributed by atoms with van der Waals surface area (Å²) in [5, 5.41) is 0.280. The van der Waals surface area contributed by atoms with E-state index in [1.54, 1.807) is 0 Å². The molecule has 0 aliphatic carbocycles. The maximum Gasteiger partial charge on any atom is 0.319 e. The Morgan fingerprint density at radius 2 is 2.09 bits per heavy atom. The van der Waals surface area contributed by atoms with Gasteiger partial charge in [0.1, 0.15) is 24.1 Å². The average molecular weight is 466 g/mol. The van der Waals surface area contributed by atoms with Crippen LogP contribution in [0.4, 0.5) is 14.6 Å². The number of ether oxygens (including phenoxy) is 2. The summed E-state index contributed by atoms with van der Waals surface area (Å²) in [5.74, 6) is -0.0782. The molecule has 32 heavy (non-hydrogen) atoms. The number of rotatable bonds is 4. The maximum atomic E-state index is 15.0. The second-order valence-electron chi connectivity index (χ2n) is 9.60. The van der Waals surface area contributed by atoms with Gasteiger partial charge in [-0.2, -0.15) is 9.97 Å². The van der Waals surface area contributed by atoms with Crippen molar-refractivity contribution < 1.29 is 18.3 Å². The van der Waals surface area contributed by atoms with E-state index in [2.05, 4.69) is 19.8 Å². The molecule has 1 unspecified atom stereocenters. The van der Waals surface area contributed by atoms with E-state index in [0.29, 0.717) is 37.4 Å². The molecular formula is C22H26ClF2N5O2. The summed E-state index contributed by atoms with van der Waals surface area (Å²) in [4.78, 5) is 17.5. The van der Waals surface area contributed by atoms with Crippen molar-refractivity contribution in [2.45, 2.75) is 55.8 Å². The molecule has 0 aromatic carbocycles. The third-order valence-electron chi connectivity index (χ3n) is 7.77. The molecule has 6 rings (SSSR count). The number of aromatic nitrogens is 3. The topological polar surface area (TPSA) is 63.6 Å². The number of nitrogens with zero attached hydrogens (tertiary/aromatic N) is 5. The third-order valence-corrected chi connectivity index (χ3v) is 8.03. The van der Waals surface area contributed by atoms with Crippen LogP contribution in [0.3, 0.4) is 0 Å². The number of alkyl halides is 1. The van der Waals surface area contributed by atoms with Crippen LogP contribution in [0.25, 0.3) is 10.9 Å². The molecule has 4 saturated heterocycles. The third kappa shape index (κ3) is 3.15. The Kier molecular flexibility index (Phi) is 4.93. The molecule has 0 bridgehead atoms. The van der Waals surface area contributed by atoms with Crippen LogP contribution in [0.2, 0.25) is 5.15 Å². The smallest absolute Gasteiger partial charge is 0.319 e. The molecule has 2 aromatic rings. The molecule has 0 radical (unpaired) electrons. The molecule has 0 amide bonds. The highest BCUT2D eigenvalue weighted by Crippen LogP contribution is 2.43. The van der Waals surface area contributed by atoms with E-state index in [9.17, 15) is 8.78 Å². The highest BCUT2D eigenvalue weighted by atomic mass is 35.5. The van der Waals surface area contributed by atoms with Crippen molar-refractivity contribution in [2.24, 2.45) is 0 Å². The predicted octanol–water partition coefficient (Wildman–Crippen LogP) is 3.53. The molecule has 2 aromatic heterocycles. The fraction of sp³-hybridized carbons (Fsp3) is 0.682. The van der Waals surface area contributed by atoms with E-state index in [0.717, 1.165) is 45.2 Å². The van der Waals surface area contributed by atoms with Gasteiger partial charge < -0.3 is 14.4 Å². The zero-order valence-corrected chi connectivity index (χ0v) is 18.6. The molecule has 4 aliphatic rings. The second kappa shape index (κ2) is 7.60. The number of halogens is 3. The number of pyridine rings is 1. The molecule has 0 saturated carbocycles. The SMILES string of the molecule is Fc1c(Cl)ncc2c(N3CCCC34CCOC4)nc(OC[C@@]34CCCN3C[C@H](F)C4)nc12. The van der Waals surface area contributed by atoms with Gasteiger partial charge in [0.05, 0.1) is 23.1 Å². The van der Waals surface area contributed by atoms with Gasteiger partial charge in [-0.1, -0.05) is 11.6 Å².